The summed E-state index contributed by atoms with van der Waals surface area (Å²) in [5.74, 6) is -3.21. The molecule has 52 heavy (non-hydrogen) atoms. The van der Waals surface area contributed by atoms with Crippen molar-refractivity contribution in [1.82, 2.24) is 26.1 Å². The molecular formula is C35H45Cl3F3N5O6. The minimum Gasteiger partial charge on any atom is -0.460 e. The third-order valence-corrected chi connectivity index (χ3v) is 8.74. The smallest absolute Gasteiger partial charge is 0.404 e. The molecule has 1 fully saturated rings. The molecule has 11 nitrogen and oxygen atoms in total. The molecule has 4 unspecified atom stereocenters. The maximum Gasteiger partial charge on any atom is 0.404 e. The summed E-state index contributed by atoms with van der Waals surface area (Å²) in [6, 6.07) is 3.23. The van der Waals surface area contributed by atoms with E-state index < -0.39 is 81.9 Å². The molecule has 1 aromatic carbocycles. The highest BCUT2D eigenvalue weighted by Gasteiger charge is 2.50. The predicted molar refractivity (Wildman–Crippen MR) is 193 cm³/mol. The Morgan fingerprint density at radius 1 is 1.08 bits per heavy atom. The molecule has 1 aliphatic rings. The van der Waals surface area contributed by atoms with Gasteiger partial charge in [-0.05, 0) is 50.3 Å². The van der Waals surface area contributed by atoms with Gasteiger partial charge in [-0.15, -0.1) is 0 Å². The Hall–Kier alpha value is -3.17. The third kappa shape index (κ3) is 12.5. The summed E-state index contributed by atoms with van der Waals surface area (Å²) in [5.41, 5.74) is 2.87. The molecule has 1 saturated heterocycles. The normalized spacial score (nSPS) is 18.2. The van der Waals surface area contributed by atoms with Crippen molar-refractivity contribution in [3.8, 4) is 0 Å². The fourth-order valence-corrected chi connectivity index (χ4v) is 5.81. The van der Waals surface area contributed by atoms with Crippen molar-refractivity contribution in [1.29, 1.82) is 0 Å². The molecule has 2 heterocycles. The Kier molecular flexibility index (Phi) is 14.8. The predicted octanol–water partition coefficient (Wildman–Crippen LogP) is 6.36. The zero-order chi connectivity index (χ0) is 39.2. The summed E-state index contributed by atoms with van der Waals surface area (Å²) in [6.07, 6.45) is -1.62. The minimum absolute atomic E-state index is 0.206. The SMILES string of the molecule is CC(=O)OC(C)c1ccc2ccc(/C=C/C(C)(C)C(NC(C(=O)NC(C)C(=O)N3CCC[C@@H](C(=O)OCC(Cl)(Cl)Cl)N3)C(C)C)C(F)(F)F)cc2n1. The van der Waals surface area contributed by atoms with E-state index in [2.05, 4.69) is 21.0 Å². The van der Waals surface area contributed by atoms with Gasteiger partial charge in [-0.2, -0.15) is 13.2 Å². The Morgan fingerprint density at radius 2 is 1.73 bits per heavy atom. The second-order valence-corrected chi connectivity index (χ2v) is 16.2. The standard InChI is InChI=1S/C35H45Cl3F3N5O6/c1-19(2)28(29(48)42-20(3)30(49)46-16-8-9-26(45-46)31(50)51-18-34(36,37)38)44-32(35(39,40)41)33(6,7)15-14-23-10-11-24-12-13-25(43-27(24)17-23)21(4)52-22(5)47/h10-15,17,19-21,26,28,32,44-45H,8-9,16,18H2,1-7H3,(H,42,48)/b15-14+/t20?,21?,26-,28?,32?/m0/s1. The van der Waals surface area contributed by atoms with Gasteiger partial charge in [0.15, 0.2) is 0 Å². The lowest BCUT2D eigenvalue weighted by Crippen LogP contribution is -2.63. The van der Waals surface area contributed by atoms with Crippen LogP contribution in [0.2, 0.25) is 0 Å². The highest BCUT2D eigenvalue weighted by atomic mass is 35.6. The zero-order valence-electron chi connectivity index (χ0n) is 29.9. The molecule has 0 aliphatic carbocycles. The van der Waals surface area contributed by atoms with Gasteiger partial charge >= 0.3 is 18.1 Å². The van der Waals surface area contributed by atoms with Crippen LogP contribution in [0.1, 0.15) is 78.7 Å². The van der Waals surface area contributed by atoms with E-state index in [1.165, 1.54) is 33.8 Å². The van der Waals surface area contributed by atoms with Crippen LogP contribution in [0.5, 0.6) is 0 Å². The van der Waals surface area contributed by atoms with Crippen LogP contribution in [0.3, 0.4) is 0 Å². The fourth-order valence-electron chi connectivity index (χ4n) is 5.65. The molecule has 3 rings (SSSR count). The lowest BCUT2D eigenvalue weighted by molar-refractivity contribution is -0.177. The molecule has 3 N–H and O–H groups in total. The first-order valence-corrected chi connectivity index (χ1v) is 17.8. The summed E-state index contributed by atoms with van der Waals surface area (Å²) in [4.78, 5) is 55.1. The van der Waals surface area contributed by atoms with Crippen LogP contribution in [-0.4, -0.2) is 81.0 Å². The van der Waals surface area contributed by atoms with Crippen LogP contribution >= 0.6 is 34.8 Å². The number of ether oxygens (including phenoxy) is 2. The Balaban J connectivity index is 1.74. The number of nitrogens with one attached hydrogen (secondary N) is 3. The van der Waals surface area contributed by atoms with Crippen LogP contribution in [0.4, 0.5) is 13.2 Å². The maximum atomic E-state index is 14.7. The van der Waals surface area contributed by atoms with E-state index in [-0.39, 0.29) is 6.54 Å². The Bertz CT molecular complexity index is 1640. The molecule has 2 aromatic rings. The molecule has 288 valence electrons. The molecule has 1 aliphatic heterocycles. The van der Waals surface area contributed by atoms with E-state index >= 15 is 0 Å². The molecule has 1 aromatic heterocycles. The summed E-state index contributed by atoms with van der Waals surface area (Å²) < 4.78 is 52.5. The van der Waals surface area contributed by atoms with E-state index in [0.717, 1.165) is 10.4 Å². The number of hydrazine groups is 1. The number of amides is 2. The molecule has 17 heteroatoms. The zero-order valence-corrected chi connectivity index (χ0v) is 32.2. The van der Waals surface area contributed by atoms with E-state index in [1.807, 2.05) is 6.07 Å². The van der Waals surface area contributed by atoms with Gasteiger partial charge in [0.25, 0.3) is 5.91 Å². The topological polar surface area (TPSA) is 139 Å². The number of nitrogens with zero attached hydrogens (tertiary/aromatic N) is 2. The molecule has 5 atom stereocenters. The van der Waals surface area contributed by atoms with Gasteiger partial charge < -0.3 is 14.8 Å². The second-order valence-electron chi connectivity index (χ2n) is 13.7. The largest absolute Gasteiger partial charge is 0.460 e. The van der Waals surface area contributed by atoms with Gasteiger partial charge in [-0.3, -0.25) is 29.5 Å². The Morgan fingerprint density at radius 3 is 2.33 bits per heavy atom. The van der Waals surface area contributed by atoms with Gasteiger partial charge in [0.05, 0.1) is 17.3 Å². The van der Waals surface area contributed by atoms with Gasteiger partial charge in [-0.25, -0.2) is 10.4 Å². The van der Waals surface area contributed by atoms with Crippen molar-refractivity contribution < 1.29 is 41.8 Å². The molecule has 0 radical (unpaired) electrons. The number of pyridine rings is 1. The first-order valence-electron chi connectivity index (χ1n) is 16.7. The molecule has 2 amide bonds. The third-order valence-electron chi connectivity index (χ3n) is 8.41. The molecule has 0 spiro atoms. The van der Waals surface area contributed by atoms with Crippen LogP contribution in [0.25, 0.3) is 17.0 Å². The second kappa shape index (κ2) is 17.8. The van der Waals surface area contributed by atoms with Crippen LogP contribution in [0.15, 0.2) is 36.4 Å². The van der Waals surface area contributed by atoms with Crippen molar-refractivity contribution in [3.63, 3.8) is 0 Å². The van der Waals surface area contributed by atoms with Crippen molar-refractivity contribution in [3.05, 3.63) is 47.7 Å². The summed E-state index contributed by atoms with van der Waals surface area (Å²) >= 11 is 16.9. The van der Waals surface area contributed by atoms with E-state index in [9.17, 15) is 32.3 Å². The summed E-state index contributed by atoms with van der Waals surface area (Å²) in [5, 5.41) is 7.01. The lowest BCUT2D eigenvalue weighted by atomic mass is 9.82. The molecule has 0 saturated carbocycles. The number of benzene rings is 1. The van der Waals surface area contributed by atoms with Crippen LogP contribution < -0.4 is 16.1 Å². The number of rotatable bonds is 13. The number of aromatic nitrogens is 1. The molecular weight excluding hydrogens is 750 g/mol. The van der Waals surface area contributed by atoms with Gasteiger partial charge in [-0.1, -0.05) is 92.8 Å². The maximum absolute atomic E-state index is 14.7. The number of carbonyl (C=O) groups excluding carboxylic acids is 4. The quantitative estimate of drug-likeness (QED) is 0.156. The average molecular weight is 795 g/mol. The minimum atomic E-state index is -4.77. The van der Waals surface area contributed by atoms with Crippen molar-refractivity contribution in [2.45, 2.75) is 102 Å². The first kappa shape index (κ1) is 43.2. The van der Waals surface area contributed by atoms with Gasteiger partial charge in [0.2, 0.25) is 9.70 Å². The summed E-state index contributed by atoms with van der Waals surface area (Å²) in [6.45, 7) is 10.1. The number of carbonyl (C=O) groups is 4. The van der Waals surface area contributed by atoms with E-state index in [4.69, 9.17) is 44.3 Å². The lowest BCUT2D eigenvalue weighted by Gasteiger charge is -2.38. The highest BCUT2D eigenvalue weighted by Crippen LogP contribution is 2.36. The number of alkyl halides is 6. The molecule has 0 bridgehead atoms. The number of halogens is 6. The summed E-state index contributed by atoms with van der Waals surface area (Å²) in [7, 11) is 0. The first-order chi connectivity index (χ1) is 24.0. The van der Waals surface area contributed by atoms with Crippen LogP contribution in [-0.2, 0) is 28.7 Å². The average Bonchev–Trinajstić information content (AvgIpc) is 3.04. The number of esters is 2. The van der Waals surface area contributed by atoms with Gasteiger partial charge in [0.1, 0.15) is 30.8 Å². The van der Waals surface area contributed by atoms with Crippen molar-refractivity contribution in [2.75, 3.05) is 13.2 Å². The van der Waals surface area contributed by atoms with E-state index in [1.54, 1.807) is 51.1 Å². The van der Waals surface area contributed by atoms with Crippen molar-refractivity contribution in [2.24, 2.45) is 11.3 Å². The van der Waals surface area contributed by atoms with Gasteiger partial charge in [0, 0.05) is 24.3 Å². The Labute approximate surface area is 316 Å². The van der Waals surface area contributed by atoms with Crippen LogP contribution in [0, 0.1) is 11.3 Å². The highest BCUT2D eigenvalue weighted by molar-refractivity contribution is 6.67. The van der Waals surface area contributed by atoms with E-state index in [0.29, 0.717) is 29.6 Å². The number of fused-ring (bicyclic) bond motifs is 1. The fraction of sp³-hybridized carbons (Fsp3) is 0.571. The number of hydrogen-bond donors (Lipinski definition) is 3. The van der Waals surface area contributed by atoms with Crippen molar-refractivity contribution >= 4 is 75.5 Å². The number of hydrogen-bond acceptors (Lipinski definition) is 9. The monoisotopic (exact) mass is 793 g/mol.